The summed E-state index contributed by atoms with van der Waals surface area (Å²) in [6.07, 6.45) is 3.43. The highest BCUT2D eigenvalue weighted by Crippen LogP contribution is 2.30. The van der Waals surface area contributed by atoms with E-state index in [9.17, 15) is 4.79 Å². The standard InChI is InChI=1S/C22H28N6O/c1-4-11-23-22(29)28-13-10-19-18(15-28)20(26(2)3)25-21(24-19)27-12-9-16-7-5-6-8-17(16)14-27/h4-8H,1,9-15H2,2-3H3,(H,23,29). The molecule has 0 atom stereocenters. The van der Waals surface area contributed by atoms with Gasteiger partial charge < -0.3 is 20.0 Å². The summed E-state index contributed by atoms with van der Waals surface area (Å²) in [6, 6.07) is 8.51. The van der Waals surface area contributed by atoms with Crippen molar-refractivity contribution in [3.63, 3.8) is 0 Å². The molecule has 7 heteroatoms. The molecule has 0 saturated carbocycles. The lowest BCUT2D eigenvalue weighted by atomic mass is 10.0. The van der Waals surface area contributed by atoms with E-state index in [0.29, 0.717) is 19.6 Å². The molecule has 1 aromatic carbocycles. The number of aromatic nitrogens is 2. The number of anilines is 2. The fraction of sp³-hybridized carbons (Fsp3) is 0.409. The van der Waals surface area contributed by atoms with E-state index < -0.39 is 0 Å². The van der Waals surface area contributed by atoms with Crippen molar-refractivity contribution < 1.29 is 4.79 Å². The van der Waals surface area contributed by atoms with Crippen LogP contribution < -0.4 is 15.1 Å². The molecule has 0 fully saturated rings. The Bertz CT molecular complexity index is 926. The van der Waals surface area contributed by atoms with Crippen LogP contribution in [0.25, 0.3) is 0 Å². The summed E-state index contributed by atoms with van der Waals surface area (Å²) < 4.78 is 0. The molecule has 4 rings (SSSR count). The molecule has 0 aliphatic carbocycles. The molecule has 7 nitrogen and oxygen atoms in total. The van der Waals surface area contributed by atoms with Crippen LogP contribution in [0.1, 0.15) is 22.4 Å². The Kier molecular flexibility index (Phi) is 5.38. The Hall–Kier alpha value is -3.09. The minimum absolute atomic E-state index is 0.0722. The summed E-state index contributed by atoms with van der Waals surface area (Å²) in [5, 5.41) is 2.86. The first-order chi connectivity index (χ1) is 14.1. The van der Waals surface area contributed by atoms with Crippen LogP contribution in [0.15, 0.2) is 36.9 Å². The molecular weight excluding hydrogens is 364 g/mol. The number of carbonyl (C=O) groups is 1. The Labute approximate surface area is 172 Å². The van der Waals surface area contributed by atoms with Crippen LogP contribution >= 0.6 is 0 Å². The Morgan fingerprint density at radius 2 is 1.97 bits per heavy atom. The number of benzene rings is 1. The second-order valence-electron chi connectivity index (χ2n) is 7.75. The molecule has 2 aliphatic rings. The maximum atomic E-state index is 12.4. The van der Waals surface area contributed by atoms with Crippen molar-refractivity contribution in [2.24, 2.45) is 0 Å². The molecule has 1 N–H and O–H groups in total. The lowest BCUT2D eigenvalue weighted by Crippen LogP contribution is -2.43. The summed E-state index contributed by atoms with van der Waals surface area (Å²) in [5.41, 5.74) is 4.84. The molecule has 0 bridgehead atoms. The fourth-order valence-electron chi connectivity index (χ4n) is 4.01. The largest absolute Gasteiger partial charge is 0.362 e. The van der Waals surface area contributed by atoms with Crippen molar-refractivity contribution in [3.05, 3.63) is 59.3 Å². The van der Waals surface area contributed by atoms with Gasteiger partial charge in [0.25, 0.3) is 0 Å². The van der Waals surface area contributed by atoms with Crippen molar-refractivity contribution in [3.8, 4) is 0 Å². The minimum atomic E-state index is -0.0722. The molecule has 2 amide bonds. The van der Waals surface area contributed by atoms with E-state index in [4.69, 9.17) is 9.97 Å². The number of rotatable bonds is 4. The lowest BCUT2D eigenvalue weighted by Gasteiger charge is -2.33. The van der Waals surface area contributed by atoms with E-state index in [1.165, 1.54) is 11.1 Å². The van der Waals surface area contributed by atoms with Crippen LogP contribution in [0.4, 0.5) is 16.6 Å². The zero-order valence-electron chi connectivity index (χ0n) is 17.2. The van der Waals surface area contributed by atoms with E-state index in [1.54, 1.807) is 6.08 Å². The second-order valence-corrected chi connectivity index (χ2v) is 7.75. The van der Waals surface area contributed by atoms with Gasteiger partial charge in [-0.2, -0.15) is 4.98 Å². The van der Waals surface area contributed by atoms with Gasteiger partial charge in [0.15, 0.2) is 0 Å². The zero-order valence-corrected chi connectivity index (χ0v) is 17.2. The highest BCUT2D eigenvalue weighted by Gasteiger charge is 2.28. The predicted molar refractivity (Wildman–Crippen MR) is 115 cm³/mol. The van der Waals surface area contributed by atoms with Gasteiger partial charge in [-0.15, -0.1) is 6.58 Å². The quantitative estimate of drug-likeness (QED) is 0.810. The van der Waals surface area contributed by atoms with Gasteiger partial charge >= 0.3 is 6.03 Å². The molecule has 0 radical (unpaired) electrons. The molecule has 3 heterocycles. The minimum Gasteiger partial charge on any atom is -0.362 e. The number of hydrogen-bond acceptors (Lipinski definition) is 5. The van der Waals surface area contributed by atoms with Crippen molar-refractivity contribution in [1.82, 2.24) is 20.2 Å². The highest BCUT2D eigenvalue weighted by molar-refractivity contribution is 5.75. The topological polar surface area (TPSA) is 64.6 Å². The molecular formula is C22H28N6O. The van der Waals surface area contributed by atoms with Gasteiger partial charge in [-0.05, 0) is 17.5 Å². The van der Waals surface area contributed by atoms with Crippen LogP contribution in [0.2, 0.25) is 0 Å². The van der Waals surface area contributed by atoms with Crippen LogP contribution in [0.3, 0.4) is 0 Å². The molecule has 1 aromatic heterocycles. The van der Waals surface area contributed by atoms with E-state index in [0.717, 1.165) is 49.0 Å². The third-order valence-corrected chi connectivity index (χ3v) is 5.55. The number of amides is 2. The molecule has 152 valence electrons. The molecule has 0 spiro atoms. The van der Waals surface area contributed by atoms with Crippen molar-refractivity contribution in [2.75, 3.05) is 43.5 Å². The van der Waals surface area contributed by atoms with Crippen molar-refractivity contribution in [2.45, 2.75) is 25.9 Å². The number of carbonyl (C=O) groups excluding carboxylic acids is 1. The Balaban J connectivity index is 1.61. The van der Waals surface area contributed by atoms with Gasteiger partial charge in [-0.3, -0.25) is 0 Å². The van der Waals surface area contributed by atoms with E-state index in [1.807, 2.05) is 23.9 Å². The van der Waals surface area contributed by atoms with Crippen LogP contribution in [0, 0.1) is 0 Å². The second kappa shape index (κ2) is 8.11. The maximum Gasteiger partial charge on any atom is 0.317 e. The smallest absolute Gasteiger partial charge is 0.317 e. The number of urea groups is 1. The number of hydrogen-bond donors (Lipinski definition) is 1. The first-order valence-corrected chi connectivity index (χ1v) is 10.1. The normalized spacial score (nSPS) is 15.4. The SMILES string of the molecule is C=CCNC(=O)N1CCc2nc(N3CCc4ccccc4C3)nc(N(C)C)c2C1. The van der Waals surface area contributed by atoms with Crippen molar-refractivity contribution >= 4 is 17.8 Å². The maximum absolute atomic E-state index is 12.4. The van der Waals surface area contributed by atoms with E-state index in [-0.39, 0.29) is 6.03 Å². The predicted octanol–water partition coefficient (Wildman–Crippen LogP) is 2.36. The first-order valence-electron chi connectivity index (χ1n) is 10.1. The average Bonchev–Trinajstić information content (AvgIpc) is 2.75. The summed E-state index contributed by atoms with van der Waals surface area (Å²) in [5.74, 6) is 1.68. The van der Waals surface area contributed by atoms with Crippen molar-refractivity contribution in [1.29, 1.82) is 0 Å². The molecule has 2 aromatic rings. The molecule has 0 unspecified atom stereocenters. The van der Waals surface area contributed by atoms with Crippen LogP contribution in [0.5, 0.6) is 0 Å². The van der Waals surface area contributed by atoms with Gasteiger partial charge in [-0.1, -0.05) is 30.3 Å². The van der Waals surface area contributed by atoms with E-state index >= 15 is 0 Å². The number of nitrogens with one attached hydrogen (secondary N) is 1. The monoisotopic (exact) mass is 392 g/mol. The van der Waals surface area contributed by atoms with Crippen LogP contribution in [-0.2, 0) is 25.9 Å². The molecule has 29 heavy (non-hydrogen) atoms. The summed E-state index contributed by atoms with van der Waals surface area (Å²) in [6.45, 7) is 7.05. The Morgan fingerprint density at radius 3 is 2.72 bits per heavy atom. The van der Waals surface area contributed by atoms with Gasteiger partial charge in [0.2, 0.25) is 5.95 Å². The van der Waals surface area contributed by atoms with E-state index in [2.05, 4.69) is 41.1 Å². The fourth-order valence-corrected chi connectivity index (χ4v) is 4.01. The number of fused-ring (bicyclic) bond motifs is 2. The van der Waals surface area contributed by atoms with Gasteiger partial charge in [0.1, 0.15) is 5.82 Å². The van der Waals surface area contributed by atoms with Gasteiger partial charge in [0.05, 0.1) is 12.2 Å². The average molecular weight is 393 g/mol. The van der Waals surface area contributed by atoms with Gasteiger partial charge in [-0.25, -0.2) is 9.78 Å². The lowest BCUT2D eigenvalue weighted by molar-refractivity contribution is 0.193. The Morgan fingerprint density at radius 1 is 1.17 bits per heavy atom. The first kappa shape index (κ1) is 19.2. The number of nitrogens with zero attached hydrogens (tertiary/aromatic N) is 5. The van der Waals surface area contributed by atoms with Gasteiger partial charge in [0, 0.05) is 52.3 Å². The summed E-state index contributed by atoms with van der Waals surface area (Å²) in [4.78, 5) is 28.3. The zero-order chi connectivity index (χ0) is 20.4. The summed E-state index contributed by atoms with van der Waals surface area (Å²) in [7, 11) is 3.99. The van der Waals surface area contributed by atoms with Crippen LogP contribution in [-0.4, -0.2) is 54.6 Å². The molecule has 0 saturated heterocycles. The third-order valence-electron chi connectivity index (χ3n) is 5.55. The third kappa shape index (κ3) is 3.90. The summed E-state index contributed by atoms with van der Waals surface area (Å²) >= 11 is 0. The highest BCUT2D eigenvalue weighted by atomic mass is 16.2. The molecule has 2 aliphatic heterocycles.